The summed E-state index contributed by atoms with van der Waals surface area (Å²) in [6.45, 7) is 0.361. The molecule has 6 heteroatoms. The van der Waals surface area contributed by atoms with Gasteiger partial charge in [0.1, 0.15) is 11.6 Å². The van der Waals surface area contributed by atoms with Crippen molar-refractivity contribution in [3.8, 4) is 5.69 Å². The lowest BCUT2D eigenvalue weighted by atomic mass is 10.1. The van der Waals surface area contributed by atoms with Crippen LogP contribution in [-0.4, -0.2) is 32.6 Å². The van der Waals surface area contributed by atoms with E-state index in [-0.39, 0.29) is 11.7 Å². The van der Waals surface area contributed by atoms with Gasteiger partial charge in [-0.1, -0.05) is 48.5 Å². The molecule has 4 aromatic rings. The van der Waals surface area contributed by atoms with Gasteiger partial charge in [-0.3, -0.25) is 4.79 Å². The largest absolute Gasteiger partial charge is 0.467 e. The molecular formula is C22H20N4O2. The summed E-state index contributed by atoms with van der Waals surface area (Å²) in [7, 11) is 1.71. The van der Waals surface area contributed by atoms with E-state index in [0.29, 0.717) is 24.6 Å². The molecule has 0 bridgehead atoms. The lowest BCUT2D eigenvalue weighted by Crippen LogP contribution is -2.27. The molecule has 0 aliphatic heterocycles. The molecule has 0 N–H and O–H groups in total. The maximum absolute atomic E-state index is 12.9. The number of para-hydroxylation sites is 1. The predicted octanol–water partition coefficient (Wildman–Crippen LogP) is 3.72. The second-order valence-corrected chi connectivity index (χ2v) is 6.50. The molecule has 2 aromatic heterocycles. The number of rotatable bonds is 6. The second kappa shape index (κ2) is 7.92. The van der Waals surface area contributed by atoms with Crippen LogP contribution < -0.4 is 0 Å². The first-order valence-corrected chi connectivity index (χ1v) is 9.04. The van der Waals surface area contributed by atoms with Crippen LogP contribution in [0.1, 0.15) is 27.8 Å². The number of hydrogen-bond donors (Lipinski definition) is 0. The number of aromatic nitrogens is 3. The Hall–Kier alpha value is -3.67. The van der Waals surface area contributed by atoms with Crippen molar-refractivity contribution in [2.45, 2.75) is 13.0 Å². The van der Waals surface area contributed by atoms with E-state index >= 15 is 0 Å². The Kier molecular flexibility index (Phi) is 5.01. The molecule has 2 heterocycles. The van der Waals surface area contributed by atoms with Gasteiger partial charge in [0.05, 0.1) is 18.5 Å². The molecule has 0 spiro atoms. The highest BCUT2D eigenvalue weighted by atomic mass is 16.3. The fraction of sp³-hybridized carbons (Fsp3) is 0.136. The summed E-state index contributed by atoms with van der Waals surface area (Å²) in [4.78, 5) is 19.0. The van der Waals surface area contributed by atoms with E-state index in [1.807, 2.05) is 66.7 Å². The molecule has 2 aromatic carbocycles. The quantitative estimate of drug-likeness (QED) is 0.517. The van der Waals surface area contributed by atoms with Crippen molar-refractivity contribution in [1.82, 2.24) is 19.7 Å². The molecule has 1 amide bonds. The minimum absolute atomic E-state index is 0.170. The third-order valence-electron chi connectivity index (χ3n) is 4.39. The topological polar surface area (TPSA) is 64.2 Å². The van der Waals surface area contributed by atoms with Crippen molar-refractivity contribution >= 4 is 5.91 Å². The fourth-order valence-corrected chi connectivity index (χ4v) is 2.98. The molecule has 0 atom stereocenters. The number of hydrogen-bond acceptors (Lipinski definition) is 4. The number of furan rings is 1. The van der Waals surface area contributed by atoms with Gasteiger partial charge in [-0.15, -0.1) is 5.10 Å². The summed E-state index contributed by atoms with van der Waals surface area (Å²) in [6, 6.07) is 23.4. The first-order valence-electron chi connectivity index (χ1n) is 9.04. The van der Waals surface area contributed by atoms with Gasteiger partial charge in [-0.25, -0.2) is 9.67 Å². The van der Waals surface area contributed by atoms with Crippen LogP contribution in [0.25, 0.3) is 5.69 Å². The molecule has 28 heavy (non-hydrogen) atoms. The van der Waals surface area contributed by atoms with Crippen molar-refractivity contribution < 1.29 is 9.21 Å². The van der Waals surface area contributed by atoms with Crippen molar-refractivity contribution in [3.05, 3.63) is 102 Å². The molecule has 0 fully saturated rings. The minimum atomic E-state index is -0.250. The van der Waals surface area contributed by atoms with Gasteiger partial charge in [-0.2, -0.15) is 0 Å². The van der Waals surface area contributed by atoms with E-state index in [1.165, 1.54) is 0 Å². The molecule has 140 valence electrons. The molecule has 0 radical (unpaired) electrons. The molecular weight excluding hydrogens is 352 g/mol. The fourth-order valence-electron chi connectivity index (χ4n) is 2.98. The zero-order chi connectivity index (χ0) is 19.3. The van der Waals surface area contributed by atoms with Gasteiger partial charge >= 0.3 is 0 Å². The Bertz CT molecular complexity index is 1040. The van der Waals surface area contributed by atoms with E-state index in [4.69, 9.17) is 4.42 Å². The van der Waals surface area contributed by atoms with E-state index in [1.54, 1.807) is 29.0 Å². The average molecular weight is 372 g/mol. The smallest absolute Gasteiger partial charge is 0.293 e. The molecule has 0 aliphatic carbocycles. The minimum Gasteiger partial charge on any atom is -0.467 e. The van der Waals surface area contributed by atoms with E-state index in [0.717, 1.165) is 11.3 Å². The standard InChI is InChI=1S/C22H20N4O2/c1-25(16-19-13-8-14-28-19)22(27)21-23-20(15-17-9-4-2-5-10-17)26(24-21)18-11-6-3-7-12-18/h2-14H,15-16H2,1H3. The SMILES string of the molecule is CN(Cc1ccco1)C(=O)c1nc(Cc2ccccc2)n(-c2ccccc2)n1. The summed E-state index contributed by atoms with van der Waals surface area (Å²) in [6.07, 6.45) is 2.17. The van der Waals surface area contributed by atoms with Crippen LogP contribution in [0, 0.1) is 0 Å². The zero-order valence-electron chi connectivity index (χ0n) is 15.5. The third-order valence-corrected chi connectivity index (χ3v) is 4.39. The predicted molar refractivity (Wildman–Crippen MR) is 105 cm³/mol. The highest BCUT2D eigenvalue weighted by Crippen LogP contribution is 2.15. The molecule has 4 rings (SSSR count). The molecule has 0 unspecified atom stereocenters. The van der Waals surface area contributed by atoms with E-state index in [2.05, 4.69) is 10.1 Å². The van der Waals surface area contributed by atoms with Crippen molar-refractivity contribution in [2.75, 3.05) is 7.05 Å². The summed E-state index contributed by atoms with van der Waals surface area (Å²) in [5.74, 6) is 1.35. The second-order valence-electron chi connectivity index (χ2n) is 6.50. The average Bonchev–Trinajstić information content (AvgIpc) is 3.39. The van der Waals surface area contributed by atoms with Gasteiger partial charge in [0, 0.05) is 13.5 Å². The maximum atomic E-state index is 12.9. The van der Waals surface area contributed by atoms with E-state index < -0.39 is 0 Å². The van der Waals surface area contributed by atoms with Gasteiger partial charge < -0.3 is 9.32 Å². The number of benzene rings is 2. The van der Waals surface area contributed by atoms with Gasteiger partial charge in [0.2, 0.25) is 5.82 Å². The van der Waals surface area contributed by atoms with Crippen molar-refractivity contribution in [2.24, 2.45) is 0 Å². The summed E-state index contributed by atoms with van der Waals surface area (Å²) in [5.41, 5.74) is 1.98. The van der Waals surface area contributed by atoms with Crippen LogP contribution in [0.3, 0.4) is 0 Å². The number of nitrogens with zero attached hydrogens (tertiary/aromatic N) is 4. The number of amides is 1. The Morgan fingerprint density at radius 2 is 1.71 bits per heavy atom. The molecule has 0 saturated heterocycles. The van der Waals surface area contributed by atoms with Gasteiger partial charge in [-0.05, 0) is 29.8 Å². The Morgan fingerprint density at radius 3 is 2.39 bits per heavy atom. The van der Waals surface area contributed by atoms with Crippen LogP contribution in [0.2, 0.25) is 0 Å². The van der Waals surface area contributed by atoms with Crippen LogP contribution >= 0.6 is 0 Å². The van der Waals surface area contributed by atoms with Crippen molar-refractivity contribution in [3.63, 3.8) is 0 Å². The van der Waals surface area contributed by atoms with Crippen molar-refractivity contribution in [1.29, 1.82) is 0 Å². The molecule has 6 nitrogen and oxygen atoms in total. The Labute approximate surface area is 163 Å². The third kappa shape index (κ3) is 3.86. The van der Waals surface area contributed by atoms with E-state index in [9.17, 15) is 4.79 Å². The monoisotopic (exact) mass is 372 g/mol. The first kappa shape index (κ1) is 17.7. The highest BCUT2D eigenvalue weighted by Gasteiger charge is 2.21. The maximum Gasteiger partial charge on any atom is 0.293 e. The van der Waals surface area contributed by atoms with Crippen LogP contribution in [0.15, 0.2) is 83.5 Å². The number of carbonyl (C=O) groups excluding carboxylic acids is 1. The van der Waals surface area contributed by atoms with Crippen LogP contribution in [0.4, 0.5) is 0 Å². The lowest BCUT2D eigenvalue weighted by molar-refractivity contribution is 0.0763. The van der Waals surface area contributed by atoms with Gasteiger partial charge in [0.15, 0.2) is 0 Å². The molecule has 0 saturated carbocycles. The van der Waals surface area contributed by atoms with Crippen LogP contribution in [0.5, 0.6) is 0 Å². The lowest BCUT2D eigenvalue weighted by Gasteiger charge is -2.13. The number of carbonyl (C=O) groups is 1. The van der Waals surface area contributed by atoms with Gasteiger partial charge in [0.25, 0.3) is 5.91 Å². The highest BCUT2D eigenvalue weighted by molar-refractivity contribution is 5.90. The normalized spacial score (nSPS) is 10.8. The Balaban J connectivity index is 1.65. The summed E-state index contributed by atoms with van der Waals surface area (Å²) < 4.78 is 7.06. The Morgan fingerprint density at radius 1 is 1.00 bits per heavy atom. The summed E-state index contributed by atoms with van der Waals surface area (Å²) >= 11 is 0. The first-order chi connectivity index (χ1) is 13.7. The van der Waals surface area contributed by atoms with Crippen LogP contribution in [-0.2, 0) is 13.0 Å². The molecule has 0 aliphatic rings. The summed E-state index contributed by atoms with van der Waals surface area (Å²) in [5, 5.41) is 4.51. The zero-order valence-corrected chi connectivity index (χ0v) is 15.5.